The Balaban J connectivity index is 2.19. The maximum Gasteiger partial charge on any atom is 0.337 e. The molecule has 1 aliphatic heterocycles. The standard InChI is InChI=1S/C13H13N3O4/c1-8-10(13(18)19)2-3-11(15-8)12(17)16-4-5-20-9(6-14)7-16/h2-3,9H,4-5,7H2,1H3,(H,18,19). The van der Waals surface area contributed by atoms with Gasteiger partial charge in [0.15, 0.2) is 6.10 Å². The summed E-state index contributed by atoms with van der Waals surface area (Å²) in [7, 11) is 0. The molecule has 7 nitrogen and oxygen atoms in total. The van der Waals surface area contributed by atoms with Crippen molar-refractivity contribution in [1.82, 2.24) is 9.88 Å². The first-order valence-electron chi connectivity index (χ1n) is 6.04. The van der Waals surface area contributed by atoms with Crippen LogP contribution in [-0.4, -0.2) is 52.7 Å². The highest BCUT2D eigenvalue weighted by Gasteiger charge is 2.26. The van der Waals surface area contributed by atoms with Gasteiger partial charge < -0.3 is 14.7 Å². The van der Waals surface area contributed by atoms with Crippen LogP contribution >= 0.6 is 0 Å². The Morgan fingerprint density at radius 2 is 2.30 bits per heavy atom. The van der Waals surface area contributed by atoms with Crippen molar-refractivity contribution in [3.05, 3.63) is 29.1 Å². The van der Waals surface area contributed by atoms with E-state index in [1.165, 1.54) is 24.0 Å². The van der Waals surface area contributed by atoms with E-state index in [1.807, 2.05) is 6.07 Å². The lowest BCUT2D eigenvalue weighted by Crippen LogP contribution is -2.45. The lowest BCUT2D eigenvalue weighted by Gasteiger charge is -2.29. The van der Waals surface area contributed by atoms with Gasteiger partial charge in [0.05, 0.1) is 30.5 Å². The van der Waals surface area contributed by atoms with Crippen LogP contribution in [0.25, 0.3) is 0 Å². The van der Waals surface area contributed by atoms with Crippen LogP contribution in [0.5, 0.6) is 0 Å². The minimum Gasteiger partial charge on any atom is -0.478 e. The van der Waals surface area contributed by atoms with Gasteiger partial charge in [0.1, 0.15) is 5.69 Å². The molecule has 1 fully saturated rings. The van der Waals surface area contributed by atoms with E-state index < -0.39 is 12.1 Å². The van der Waals surface area contributed by atoms with Crippen molar-refractivity contribution in [2.24, 2.45) is 0 Å². The molecular weight excluding hydrogens is 262 g/mol. The molecule has 1 unspecified atom stereocenters. The van der Waals surface area contributed by atoms with E-state index in [9.17, 15) is 9.59 Å². The molecule has 1 aromatic heterocycles. The number of aromatic nitrogens is 1. The third-order valence-electron chi connectivity index (χ3n) is 3.03. The van der Waals surface area contributed by atoms with Gasteiger partial charge in [-0.3, -0.25) is 4.79 Å². The topological polar surface area (TPSA) is 104 Å². The van der Waals surface area contributed by atoms with Gasteiger partial charge >= 0.3 is 5.97 Å². The fourth-order valence-corrected chi connectivity index (χ4v) is 1.98. The van der Waals surface area contributed by atoms with Crippen LogP contribution in [0.15, 0.2) is 12.1 Å². The zero-order chi connectivity index (χ0) is 14.7. The number of carboxylic acid groups (broad SMARTS) is 1. The molecule has 1 atom stereocenters. The Morgan fingerprint density at radius 3 is 2.90 bits per heavy atom. The second kappa shape index (κ2) is 5.67. The molecule has 2 rings (SSSR count). The minimum atomic E-state index is -1.08. The summed E-state index contributed by atoms with van der Waals surface area (Å²) < 4.78 is 5.16. The average molecular weight is 275 g/mol. The number of morpholine rings is 1. The number of carboxylic acids is 1. The fraction of sp³-hybridized carbons (Fsp3) is 0.385. The predicted octanol–water partition coefficient (Wildman–Crippen LogP) is 0.453. The summed E-state index contributed by atoms with van der Waals surface area (Å²) >= 11 is 0. The molecule has 2 heterocycles. The molecule has 0 aromatic carbocycles. The largest absolute Gasteiger partial charge is 0.478 e. The quantitative estimate of drug-likeness (QED) is 0.840. The molecule has 20 heavy (non-hydrogen) atoms. The molecule has 0 radical (unpaired) electrons. The van der Waals surface area contributed by atoms with Gasteiger partial charge in [-0.1, -0.05) is 0 Å². The van der Waals surface area contributed by atoms with Gasteiger partial charge in [0, 0.05) is 6.54 Å². The van der Waals surface area contributed by atoms with Crippen molar-refractivity contribution in [3.8, 4) is 6.07 Å². The first-order chi connectivity index (χ1) is 9.52. The van der Waals surface area contributed by atoms with Gasteiger partial charge in [-0.05, 0) is 19.1 Å². The molecular formula is C13H13N3O4. The molecule has 0 aliphatic carbocycles. The summed E-state index contributed by atoms with van der Waals surface area (Å²) in [5.41, 5.74) is 0.526. The monoisotopic (exact) mass is 275 g/mol. The summed E-state index contributed by atoms with van der Waals surface area (Å²) in [6, 6.07) is 4.71. The minimum absolute atomic E-state index is 0.0680. The van der Waals surface area contributed by atoms with Crippen LogP contribution in [0.1, 0.15) is 26.5 Å². The number of hydrogen-bond acceptors (Lipinski definition) is 5. The second-order valence-electron chi connectivity index (χ2n) is 4.37. The summed E-state index contributed by atoms with van der Waals surface area (Å²) in [5.74, 6) is -1.40. The lowest BCUT2D eigenvalue weighted by atomic mass is 10.1. The number of pyridine rings is 1. The van der Waals surface area contributed by atoms with Crippen molar-refractivity contribution < 1.29 is 19.4 Å². The number of rotatable bonds is 2. The van der Waals surface area contributed by atoms with E-state index in [0.29, 0.717) is 13.2 Å². The second-order valence-corrected chi connectivity index (χ2v) is 4.37. The van der Waals surface area contributed by atoms with E-state index in [1.54, 1.807) is 0 Å². The number of aryl methyl sites for hydroxylation is 1. The number of carbonyl (C=O) groups excluding carboxylic acids is 1. The highest BCUT2D eigenvalue weighted by atomic mass is 16.5. The molecule has 1 aromatic rings. The fourth-order valence-electron chi connectivity index (χ4n) is 1.98. The number of amides is 1. The van der Waals surface area contributed by atoms with E-state index in [4.69, 9.17) is 15.1 Å². The Morgan fingerprint density at radius 1 is 1.55 bits per heavy atom. The van der Waals surface area contributed by atoms with Crippen molar-refractivity contribution >= 4 is 11.9 Å². The van der Waals surface area contributed by atoms with Crippen LogP contribution in [-0.2, 0) is 4.74 Å². The van der Waals surface area contributed by atoms with Gasteiger partial charge in [-0.2, -0.15) is 5.26 Å². The highest BCUT2D eigenvalue weighted by molar-refractivity contribution is 5.94. The van der Waals surface area contributed by atoms with Crippen LogP contribution in [0, 0.1) is 18.3 Å². The van der Waals surface area contributed by atoms with Crippen LogP contribution in [0.2, 0.25) is 0 Å². The Hall–Kier alpha value is -2.46. The van der Waals surface area contributed by atoms with Gasteiger partial charge in [0.2, 0.25) is 0 Å². The van der Waals surface area contributed by atoms with Crippen LogP contribution in [0.3, 0.4) is 0 Å². The highest BCUT2D eigenvalue weighted by Crippen LogP contribution is 2.12. The normalized spacial score (nSPS) is 18.4. The smallest absolute Gasteiger partial charge is 0.337 e. The zero-order valence-corrected chi connectivity index (χ0v) is 10.9. The summed E-state index contributed by atoms with van der Waals surface area (Å²) in [6.45, 7) is 2.42. The number of aromatic carboxylic acids is 1. The average Bonchev–Trinajstić information content (AvgIpc) is 2.46. The first kappa shape index (κ1) is 14.0. The molecule has 104 valence electrons. The molecule has 0 saturated carbocycles. The molecule has 7 heteroatoms. The number of nitrogens with zero attached hydrogens (tertiary/aromatic N) is 3. The number of hydrogen-bond donors (Lipinski definition) is 1. The van der Waals surface area contributed by atoms with Gasteiger partial charge in [0.25, 0.3) is 5.91 Å². The summed E-state index contributed by atoms with van der Waals surface area (Å²) in [5, 5.41) is 17.7. The molecule has 0 spiro atoms. The number of ether oxygens (including phenoxy) is 1. The summed E-state index contributed by atoms with van der Waals surface area (Å²) in [4.78, 5) is 28.7. The SMILES string of the molecule is Cc1nc(C(=O)N2CCOC(C#N)C2)ccc1C(=O)O. The number of nitriles is 1. The van der Waals surface area contributed by atoms with Gasteiger partial charge in [-0.15, -0.1) is 0 Å². The Labute approximate surface area is 115 Å². The summed E-state index contributed by atoms with van der Waals surface area (Å²) in [6.07, 6.45) is -0.632. The van der Waals surface area contributed by atoms with Crippen molar-refractivity contribution in [3.63, 3.8) is 0 Å². The maximum absolute atomic E-state index is 12.2. The molecule has 1 N–H and O–H groups in total. The van der Waals surface area contributed by atoms with E-state index >= 15 is 0 Å². The van der Waals surface area contributed by atoms with Crippen molar-refractivity contribution in [2.75, 3.05) is 19.7 Å². The third kappa shape index (κ3) is 2.75. The van der Waals surface area contributed by atoms with E-state index in [2.05, 4.69) is 4.98 Å². The third-order valence-corrected chi connectivity index (χ3v) is 3.03. The molecule has 1 amide bonds. The van der Waals surface area contributed by atoms with Crippen molar-refractivity contribution in [2.45, 2.75) is 13.0 Å². The van der Waals surface area contributed by atoms with Crippen molar-refractivity contribution in [1.29, 1.82) is 5.26 Å². The van der Waals surface area contributed by atoms with E-state index in [-0.39, 0.29) is 29.4 Å². The molecule has 0 bridgehead atoms. The van der Waals surface area contributed by atoms with Crippen LogP contribution < -0.4 is 0 Å². The zero-order valence-electron chi connectivity index (χ0n) is 10.9. The molecule has 1 aliphatic rings. The maximum atomic E-state index is 12.2. The molecule has 1 saturated heterocycles. The van der Waals surface area contributed by atoms with E-state index in [0.717, 1.165) is 0 Å². The first-order valence-corrected chi connectivity index (χ1v) is 6.04. The lowest BCUT2D eigenvalue weighted by molar-refractivity contribution is 0.00319. The Kier molecular flexibility index (Phi) is 3.96. The van der Waals surface area contributed by atoms with Crippen LogP contribution in [0.4, 0.5) is 0 Å². The van der Waals surface area contributed by atoms with Gasteiger partial charge in [-0.25, -0.2) is 9.78 Å². The predicted molar refractivity (Wildman–Crippen MR) is 67.2 cm³/mol. The Bertz CT molecular complexity index is 594. The number of carbonyl (C=O) groups is 2.